The molecule has 0 radical (unpaired) electrons. The molecule has 0 bridgehead atoms. The Bertz CT molecular complexity index is 1030. The topological polar surface area (TPSA) is 76.8 Å². The summed E-state index contributed by atoms with van der Waals surface area (Å²) < 4.78 is 0. The second-order valence-electron chi connectivity index (χ2n) is 7.14. The van der Waals surface area contributed by atoms with Crippen LogP contribution in [0.2, 0.25) is 0 Å². The van der Waals surface area contributed by atoms with Crippen molar-refractivity contribution in [3.05, 3.63) is 94.7 Å². The van der Waals surface area contributed by atoms with E-state index in [1.54, 1.807) is 0 Å². The number of nitrogen functional groups attached to an aromatic ring is 2. The van der Waals surface area contributed by atoms with E-state index in [9.17, 15) is 0 Å². The lowest BCUT2D eigenvalue weighted by Crippen LogP contribution is -2.03. The number of anilines is 2. The zero-order valence-electron chi connectivity index (χ0n) is 16.0. The molecule has 4 N–H and O–H groups in total. The summed E-state index contributed by atoms with van der Waals surface area (Å²) in [7, 11) is 1.85. The largest absolute Gasteiger partial charge is 0.399 e. The predicted octanol–water partition coefficient (Wildman–Crippen LogP) is 4.69. The third-order valence-corrected chi connectivity index (χ3v) is 5.17. The van der Waals surface area contributed by atoms with Gasteiger partial charge in [-0.15, -0.1) is 0 Å². The summed E-state index contributed by atoms with van der Waals surface area (Å²) in [6.45, 7) is 0. The molecule has 0 saturated carbocycles. The van der Waals surface area contributed by atoms with Crippen molar-refractivity contribution in [2.45, 2.75) is 19.3 Å². The Morgan fingerprint density at radius 2 is 1.64 bits per heavy atom. The van der Waals surface area contributed by atoms with Gasteiger partial charge in [0.2, 0.25) is 0 Å². The normalized spacial score (nSPS) is 16.5. The van der Waals surface area contributed by atoms with Crippen LogP contribution in [0.5, 0.6) is 0 Å². The summed E-state index contributed by atoms with van der Waals surface area (Å²) in [5, 5.41) is 0. The maximum atomic E-state index is 5.80. The van der Waals surface area contributed by atoms with Crippen LogP contribution in [0.15, 0.2) is 93.6 Å². The van der Waals surface area contributed by atoms with Gasteiger partial charge in [-0.25, -0.2) is 0 Å². The summed E-state index contributed by atoms with van der Waals surface area (Å²) >= 11 is 0. The number of nitrogens with zero attached hydrogens (tertiary/aromatic N) is 2. The Morgan fingerprint density at radius 1 is 0.964 bits per heavy atom. The molecule has 0 saturated heterocycles. The highest BCUT2D eigenvalue weighted by molar-refractivity contribution is 6.06. The van der Waals surface area contributed by atoms with Gasteiger partial charge in [0.15, 0.2) is 0 Å². The van der Waals surface area contributed by atoms with Crippen LogP contribution >= 0.6 is 0 Å². The first kappa shape index (κ1) is 18.0. The van der Waals surface area contributed by atoms with Crippen molar-refractivity contribution in [3.8, 4) is 0 Å². The molecule has 4 rings (SSSR count). The number of rotatable bonds is 4. The van der Waals surface area contributed by atoms with E-state index in [1.807, 2.05) is 55.6 Å². The third-order valence-electron chi connectivity index (χ3n) is 5.17. The molecule has 4 nitrogen and oxygen atoms in total. The van der Waals surface area contributed by atoms with Gasteiger partial charge >= 0.3 is 0 Å². The molecule has 28 heavy (non-hydrogen) atoms. The molecule has 0 fully saturated rings. The molecule has 0 amide bonds. The second-order valence-corrected chi connectivity index (χ2v) is 7.14. The number of aliphatic imine (C=N–C) groups is 2. The molecule has 1 heterocycles. The molecule has 1 aliphatic heterocycles. The van der Waals surface area contributed by atoms with Crippen molar-refractivity contribution < 1.29 is 0 Å². The fourth-order valence-corrected chi connectivity index (χ4v) is 3.54. The highest BCUT2D eigenvalue weighted by Crippen LogP contribution is 2.31. The minimum atomic E-state index is 0.768. The average molecular weight is 368 g/mol. The molecule has 2 aliphatic rings. The highest BCUT2D eigenvalue weighted by atomic mass is 14.8. The molecule has 2 aromatic carbocycles. The lowest BCUT2D eigenvalue weighted by atomic mass is 9.99. The van der Waals surface area contributed by atoms with Crippen LogP contribution in [0.3, 0.4) is 0 Å². The summed E-state index contributed by atoms with van der Waals surface area (Å²) in [5.74, 6) is 0. The summed E-state index contributed by atoms with van der Waals surface area (Å²) in [4.78, 5) is 9.36. The zero-order valence-corrected chi connectivity index (χ0v) is 16.0. The molecule has 140 valence electrons. The van der Waals surface area contributed by atoms with Gasteiger partial charge in [0.1, 0.15) is 0 Å². The molecule has 0 unspecified atom stereocenters. The number of nitrogens with two attached hydrogens (primary N) is 2. The van der Waals surface area contributed by atoms with Gasteiger partial charge in [0.25, 0.3) is 0 Å². The van der Waals surface area contributed by atoms with Crippen LogP contribution in [-0.4, -0.2) is 18.5 Å². The smallest absolute Gasteiger partial charge is 0.0632 e. The van der Waals surface area contributed by atoms with Crippen molar-refractivity contribution in [1.29, 1.82) is 0 Å². The third kappa shape index (κ3) is 3.81. The Balaban J connectivity index is 1.50. The maximum absolute atomic E-state index is 5.80. The fourth-order valence-electron chi connectivity index (χ4n) is 3.54. The first-order chi connectivity index (χ1) is 13.6. The summed E-state index contributed by atoms with van der Waals surface area (Å²) in [6, 6.07) is 15.8. The van der Waals surface area contributed by atoms with Crippen molar-refractivity contribution in [3.63, 3.8) is 0 Å². The SMILES string of the molecule is CN=C(CC1=CC=C2CC(c3ccc(N)cc3)=NC2=CC1)c1ccc(N)cc1. The van der Waals surface area contributed by atoms with Crippen molar-refractivity contribution in [2.75, 3.05) is 18.5 Å². The van der Waals surface area contributed by atoms with Gasteiger partial charge < -0.3 is 11.5 Å². The van der Waals surface area contributed by atoms with E-state index in [-0.39, 0.29) is 0 Å². The second kappa shape index (κ2) is 7.69. The van der Waals surface area contributed by atoms with Crippen LogP contribution in [0.25, 0.3) is 0 Å². The number of benzene rings is 2. The van der Waals surface area contributed by atoms with Gasteiger partial charge in [-0.2, -0.15) is 0 Å². The predicted molar refractivity (Wildman–Crippen MR) is 119 cm³/mol. The minimum absolute atomic E-state index is 0.768. The van der Waals surface area contributed by atoms with Gasteiger partial charge in [-0.3, -0.25) is 9.98 Å². The van der Waals surface area contributed by atoms with Crippen molar-refractivity contribution in [2.24, 2.45) is 9.98 Å². The standard InChI is InChI=1S/C24H24N4/c1-27-23(17-5-9-20(25)10-6-17)14-16-2-4-19-15-24(28-22(19)13-3-16)18-7-11-21(26)12-8-18/h2,4-13H,3,14-15,25-26H2,1H3. The summed E-state index contributed by atoms with van der Waals surface area (Å²) in [6.07, 6.45) is 9.21. The van der Waals surface area contributed by atoms with Crippen LogP contribution in [0.1, 0.15) is 30.4 Å². The van der Waals surface area contributed by atoms with E-state index in [0.29, 0.717) is 0 Å². The number of hydrogen-bond acceptors (Lipinski definition) is 4. The van der Waals surface area contributed by atoms with E-state index in [2.05, 4.69) is 23.2 Å². The molecule has 0 atom stereocenters. The summed E-state index contributed by atoms with van der Waals surface area (Å²) in [5.41, 5.74) is 21.2. The average Bonchev–Trinajstić information content (AvgIpc) is 3.03. The first-order valence-corrected chi connectivity index (χ1v) is 9.46. The van der Waals surface area contributed by atoms with Crippen LogP contribution in [0.4, 0.5) is 11.4 Å². The first-order valence-electron chi connectivity index (χ1n) is 9.46. The Morgan fingerprint density at radius 3 is 2.32 bits per heavy atom. The van der Waals surface area contributed by atoms with Crippen LogP contribution in [0, 0.1) is 0 Å². The Labute approximate surface area is 165 Å². The van der Waals surface area contributed by atoms with Gasteiger partial charge in [0.05, 0.1) is 11.4 Å². The van der Waals surface area contributed by atoms with E-state index < -0.39 is 0 Å². The maximum Gasteiger partial charge on any atom is 0.0632 e. The van der Waals surface area contributed by atoms with E-state index in [4.69, 9.17) is 16.5 Å². The Kier molecular flexibility index (Phi) is 4.94. The molecule has 2 aromatic rings. The molecular formula is C24H24N4. The highest BCUT2D eigenvalue weighted by Gasteiger charge is 2.20. The van der Waals surface area contributed by atoms with Crippen LogP contribution < -0.4 is 11.5 Å². The van der Waals surface area contributed by atoms with Crippen LogP contribution in [-0.2, 0) is 0 Å². The molecular weight excluding hydrogens is 344 g/mol. The number of hydrogen-bond donors (Lipinski definition) is 2. The van der Waals surface area contributed by atoms with Gasteiger partial charge in [0, 0.05) is 37.0 Å². The van der Waals surface area contributed by atoms with E-state index in [1.165, 1.54) is 11.1 Å². The Hall–Kier alpha value is -3.40. The minimum Gasteiger partial charge on any atom is -0.399 e. The van der Waals surface area contributed by atoms with E-state index >= 15 is 0 Å². The zero-order chi connectivity index (χ0) is 19.5. The van der Waals surface area contributed by atoms with Crippen molar-refractivity contribution in [1.82, 2.24) is 0 Å². The fraction of sp³-hybridized carbons (Fsp3) is 0.167. The van der Waals surface area contributed by atoms with Gasteiger partial charge in [-0.1, -0.05) is 48.1 Å². The molecule has 1 aliphatic carbocycles. The van der Waals surface area contributed by atoms with Crippen molar-refractivity contribution >= 4 is 22.8 Å². The van der Waals surface area contributed by atoms with Gasteiger partial charge in [-0.05, 0) is 47.4 Å². The monoisotopic (exact) mass is 368 g/mol. The number of allylic oxidation sites excluding steroid dienone is 5. The lowest BCUT2D eigenvalue weighted by Gasteiger charge is -2.08. The molecule has 4 heteroatoms. The quantitative estimate of drug-likeness (QED) is 0.606. The molecule has 0 aromatic heterocycles. The van der Waals surface area contributed by atoms with E-state index in [0.717, 1.165) is 58.9 Å². The molecule has 0 spiro atoms. The number of fused-ring (bicyclic) bond motifs is 1. The lowest BCUT2D eigenvalue weighted by molar-refractivity contribution is 1.12.